The summed E-state index contributed by atoms with van der Waals surface area (Å²) in [5.74, 6) is -0.886. The summed E-state index contributed by atoms with van der Waals surface area (Å²) in [5, 5.41) is 6.31. The molecule has 2 aliphatic rings. The van der Waals surface area contributed by atoms with E-state index in [0.29, 0.717) is 31.7 Å². The first-order valence-electron chi connectivity index (χ1n) is 10.8. The molecule has 0 unspecified atom stereocenters. The second-order valence-electron chi connectivity index (χ2n) is 8.38. The van der Waals surface area contributed by atoms with Crippen molar-refractivity contribution in [1.29, 1.82) is 0 Å². The zero-order chi connectivity index (χ0) is 21.8. The molecule has 31 heavy (non-hydrogen) atoms. The number of hydrogen-bond donors (Lipinski definition) is 2. The third-order valence-electron chi connectivity index (χ3n) is 6.33. The van der Waals surface area contributed by atoms with Gasteiger partial charge in [-0.2, -0.15) is 0 Å². The average Bonchev–Trinajstić information content (AvgIpc) is 3.38. The van der Waals surface area contributed by atoms with Gasteiger partial charge >= 0.3 is 0 Å². The zero-order valence-electron chi connectivity index (χ0n) is 17.7. The van der Waals surface area contributed by atoms with Crippen molar-refractivity contribution in [2.45, 2.75) is 43.9 Å². The average molecular weight is 430 g/mol. The normalized spacial score (nSPS) is 21.4. The van der Waals surface area contributed by atoms with E-state index in [-0.39, 0.29) is 30.6 Å². The number of carbonyl (C=O) groups is 1. The van der Waals surface area contributed by atoms with Gasteiger partial charge in [0.15, 0.2) is 0 Å². The molecular weight excluding hydrogens is 400 g/mol. The van der Waals surface area contributed by atoms with E-state index in [1.165, 1.54) is 17.2 Å². The third kappa shape index (κ3) is 5.11. The van der Waals surface area contributed by atoms with Gasteiger partial charge < -0.3 is 15.4 Å². The molecule has 4 rings (SSSR count). The van der Waals surface area contributed by atoms with Crippen molar-refractivity contribution in [2.24, 2.45) is 0 Å². The van der Waals surface area contributed by atoms with E-state index < -0.39 is 11.6 Å². The number of amides is 1. The van der Waals surface area contributed by atoms with Crippen LogP contribution in [0.1, 0.15) is 23.1 Å². The van der Waals surface area contributed by atoms with E-state index in [1.54, 1.807) is 7.11 Å². The lowest BCUT2D eigenvalue weighted by atomic mass is 10.1. The van der Waals surface area contributed by atoms with E-state index in [0.717, 1.165) is 25.0 Å². The molecule has 2 atom stereocenters. The summed E-state index contributed by atoms with van der Waals surface area (Å²) < 4.78 is 32.5. The molecule has 0 bridgehead atoms. The Morgan fingerprint density at radius 2 is 1.90 bits per heavy atom. The van der Waals surface area contributed by atoms with Gasteiger partial charge in [0.05, 0.1) is 12.6 Å². The molecule has 0 radical (unpaired) electrons. The summed E-state index contributed by atoms with van der Waals surface area (Å²) in [6, 6.07) is 11.9. The highest BCUT2D eigenvalue weighted by Crippen LogP contribution is 2.31. The lowest BCUT2D eigenvalue weighted by molar-refractivity contribution is -0.126. The van der Waals surface area contributed by atoms with Crippen LogP contribution in [-0.2, 0) is 28.9 Å². The molecule has 0 spiro atoms. The van der Waals surface area contributed by atoms with Crippen molar-refractivity contribution in [1.82, 2.24) is 15.5 Å². The minimum absolute atomic E-state index is 0.00533. The SMILES string of the molecule is COCCNC(=O)[C@@H]1C[C@@H](NCc2cc(F)ccc2F)CN1C1Cc2ccccc2C1. The van der Waals surface area contributed by atoms with E-state index in [2.05, 4.69) is 39.8 Å². The molecule has 166 valence electrons. The molecular formula is C24H29F2N3O2. The molecule has 2 aromatic carbocycles. The first-order valence-corrected chi connectivity index (χ1v) is 10.8. The fourth-order valence-corrected chi connectivity index (χ4v) is 4.77. The van der Waals surface area contributed by atoms with Gasteiger partial charge in [-0.1, -0.05) is 24.3 Å². The van der Waals surface area contributed by atoms with Crippen molar-refractivity contribution in [3.63, 3.8) is 0 Å². The van der Waals surface area contributed by atoms with Gasteiger partial charge in [-0.15, -0.1) is 0 Å². The molecule has 2 N–H and O–H groups in total. The van der Waals surface area contributed by atoms with Crippen molar-refractivity contribution in [3.05, 3.63) is 70.8 Å². The van der Waals surface area contributed by atoms with Crippen molar-refractivity contribution in [3.8, 4) is 0 Å². The number of nitrogens with zero attached hydrogens (tertiary/aromatic N) is 1. The van der Waals surface area contributed by atoms with Gasteiger partial charge in [0.1, 0.15) is 11.6 Å². The minimum atomic E-state index is -0.453. The van der Waals surface area contributed by atoms with Crippen LogP contribution in [0.25, 0.3) is 0 Å². The van der Waals surface area contributed by atoms with E-state index in [9.17, 15) is 13.6 Å². The Bertz CT molecular complexity index is 898. The van der Waals surface area contributed by atoms with Crippen LogP contribution in [0.3, 0.4) is 0 Å². The summed E-state index contributed by atoms with van der Waals surface area (Å²) in [5.41, 5.74) is 2.97. The first kappa shape index (κ1) is 21.9. The number of nitrogens with one attached hydrogen (secondary N) is 2. The fraction of sp³-hybridized carbons (Fsp3) is 0.458. The quantitative estimate of drug-likeness (QED) is 0.633. The van der Waals surface area contributed by atoms with Crippen molar-refractivity contribution >= 4 is 5.91 Å². The number of hydrogen-bond acceptors (Lipinski definition) is 4. The van der Waals surface area contributed by atoms with Gasteiger partial charge in [-0.3, -0.25) is 9.69 Å². The first-order chi connectivity index (χ1) is 15.0. The number of ether oxygens (including phenoxy) is 1. The van der Waals surface area contributed by atoms with Gasteiger partial charge in [-0.25, -0.2) is 8.78 Å². The van der Waals surface area contributed by atoms with Gasteiger partial charge in [0, 0.05) is 44.4 Å². The summed E-state index contributed by atoms with van der Waals surface area (Å²) in [4.78, 5) is 15.2. The number of methoxy groups -OCH3 is 1. The maximum Gasteiger partial charge on any atom is 0.237 e. The van der Waals surface area contributed by atoms with Gasteiger partial charge in [0.25, 0.3) is 0 Å². The molecule has 7 heteroatoms. The fourth-order valence-electron chi connectivity index (χ4n) is 4.77. The van der Waals surface area contributed by atoms with Crippen LogP contribution >= 0.6 is 0 Å². The number of benzene rings is 2. The van der Waals surface area contributed by atoms with Gasteiger partial charge in [-0.05, 0) is 48.6 Å². The van der Waals surface area contributed by atoms with Crippen molar-refractivity contribution in [2.75, 3.05) is 26.8 Å². The Labute approximate surface area is 181 Å². The molecule has 1 heterocycles. The monoisotopic (exact) mass is 429 g/mol. The number of halogens is 2. The molecule has 2 aromatic rings. The number of carbonyl (C=O) groups excluding carboxylic acids is 1. The summed E-state index contributed by atoms with van der Waals surface area (Å²) in [6.07, 6.45) is 2.47. The number of fused-ring (bicyclic) bond motifs is 1. The summed E-state index contributed by atoms with van der Waals surface area (Å²) in [7, 11) is 1.61. The van der Waals surface area contributed by atoms with Crippen LogP contribution in [0.5, 0.6) is 0 Å². The lowest BCUT2D eigenvalue weighted by Crippen LogP contribution is -2.48. The molecule has 1 aliphatic heterocycles. The Kier molecular flexibility index (Phi) is 6.95. The van der Waals surface area contributed by atoms with Crippen molar-refractivity contribution < 1.29 is 18.3 Å². The van der Waals surface area contributed by atoms with Crippen LogP contribution in [0, 0.1) is 11.6 Å². The minimum Gasteiger partial charge on any atom is -0.383 e. The Hall–Kier alpha value is -2.35. The molecule has 1 fully saturated rings. The predicted molar refractivity (Wildman–Crippen MR) is 115 cm³/mol. The maximum atomic E-state index is 14.0. The molecule has 1 amide bonds. The molecule has 1 aliphatic carbocycles. The Morgan fingerprint density at radius 1 is 1.16 bits per heavy atom. The highest BCUT2D eigenvalue weighted by atomic mass is 19.1. The molecule has 0 saturated carbocycles. The van der Waals surface area contributed by atoms with Crippen LogP contribution in [0.2, 0.25) is 0 Å². The van der Waals surface area contributed by atoms with Crippen LogP contribution < -0.4 is 10.6 Å². The van der Waals surface area contributed by atoms with E-state index in [4.69, 9.17) is 4.74 Å². The number of rotatable bonds is 8. The maximum absolute atomic E-state index is 14.0. The smallest absolute Gasteiger partial charge is 0.237 e. The molecule has 0 aromatic heterocycles. The van der Waals surface area contributed by atoms with Crippen LogP contribution in [0.15, 0.2) is 42.5 Å². The largest absolute Gasteiger partial charge is 0.383 e. The molecule has 1 saturated heterocycles. The Balaban J connectivity index is 1.44. The van der Waals surface area contributed by atoms with E-state index >= 15 is 0 Å². The van der Waals surface area contributed by atoms with Crippen LogP contribution in [0.4, 0.5) is 8.78 Å². The van der Waals surface area contributed by atoms with Gasteiger partial charge in [0.2, 0.25) is 5.91 Å². The third-order valence-corrected chi connectivity index (χ3v) is 6.33. The van der Waals surface area contributed by atoms with Crippen LogP contribution in [-0.4, -0.2) is 55.7 Å². The van der Waals surface area contributed by atoms with E-state index in [1.807, 2.05) is 0 Å². The highest BCUT2D eigenvalue weighted by molar-refractivity contribution is 5.82. The standard InChI is InChI=1S/C24H29F2N3O2/c1-31-9-8-27-24(30)23-13-20(28-14-18-10-19(25)6-7-22(18)26)15-29(23)21-11-16-4-2-3-5-17(16)12-21/h2-7,10,20-21,23,28H,8-9,11-15H2,1H3,(H,27,30)/t20-,23+/m1/s1. The summed E-state index contributed by atoms with van der Waals surface area (Å²) in [6.45, 7) is 1.86. The zero-order valence-corrected chi connectivity index (χ0v) is 17.7. The topological polar surface area (TPSA) is 53.6 Å². The Morgan fingerprint density at radius 3 is 2.61 bits per heavy atom. The predicted octanol–water partition coefficient (Wildman–Crippen LogP) is 2.43. The molecule has 5 nitrogen and oxygen atoms in total. The highest BCUT2D eigenvalue weighted by Gasteiger charge is 2.41. The second kappa shape index (κ2) is 9.85. The summed E-state index contributed by atoms with van der Waals surface area (Å²) >= 11 is 0. The lowest BCUT2D eigenvalue weighted by Gasteiger charge is -2.29. The second-order valence-corrected chi connectivity index (χ2v) is 8.38. The number of likely N-dealkylation sites (tertiary alicyclic amines) is 1.